The van der Waals surface area contributed by atoms with Crippen LogP contribution in [0.5, 0.6) is 5.75 Å². The van der Waals surface area contributed by atoms with Crippen LogP contribution in [-0.2, 0) is 26.7 Å². The van der Waals surface area contributed by atoms with E-state index in [0.717, 1.165) is 23.8 Å². The maximum absolute atomic E-state index is 14.9. The van der Waals surface area contributed by atoms with Gasteiger partial charge in [-0.1, -0.05) is 25.5 Å². The largest absolute Gasteiger partial charge is 0.474 e. The maximum Gasteiger partial charge on any atom is 0.425 e. The molecule has 18 heteroatoms. The molecule has 1 unspecified atom stereocenters. The van der Waals surface area contributed by atoms with E-state index in [0.29, 0.717) is 48.3 Å². The van der Waals surface area contributed by atoms with Crippen LogP contribution >= 0.6 is 11.3 Å². The second-order valence-corrected chi connectivity index (χ2v) is 13.9. The third-order valence-electron chi connectivity index (χ3n) is 9.54. The Morgan fingerprint density at radius 2 is 1.78 bits per heavy atom. The molecule has 4 heterocycles. The molecule has 3 aromatic rings. The number of hydrogen-bond donors (Lipinski definition) is 2. The Balaban J connectivity index is 1.44. The van der Waals surface area contributed by atoms with Crippen molar-refractivity contribution in [2.24, 2.45) is 0 Å². The van der Waals surface area contributed by atoms with Crippen molar-refractivity contribution in [3.63, 3.8) is 0 Å². The number of piperazine rings is 1. The predicted octanol–water partition coefficient (Wildman–Crippen LogP) is 6.44. The fourth-order valence-corrected chi connectivity index (χ4v) is 7.68. The Labute approximate surface area is 311 Å². The van der Waals surface area contributed by atoms with E-state index in [-0.39, 0.29) is 57.5 Å². The first-order valence-electron chi connectivity index (χ1n) is 17.4. The molecule has 5 rings (SSSR count). The van der Waals surface area contributed by atoms with Gasteiger partial charge in [-0.15, -0.1) is 11.3 Å². The number of aliphatic hydroxyl groups is 1. The van der Waals surface area contributed by atoms with Crippen LogP contribution in [0.2, 0.25) is 0 Å². The number of anilines is 2. The summed E-state index contributed by atoms with van der Waals surface area (Å²) in [7, 11) is 1.25. The molecule has 294 valence electrons. The highest BCUT2D eigenvalue weighted by atomic mass is 32.1. The monoisotopic (exact) mass is 785 g/mol. The molecule has 2 saturated heterocycles. The van der Waals surface area contributed by atoms with Crippen LogP contribution in [0.15, 0.2) is 54.2 Å². The number of nitrogens with zero attached hydrogens (tertiary/aromatic N) is 4. The molecular weight excluding hydrogens is 744 g/mol. The summed E-state index contributed by atoms with van der Waals surface area (Å²) in [6, 6.07) is 7.48. The van der Waals surface area contributed by atoms with Crippen molar-refractivity contribution in [2.75, 3.05) is 50.1 Å². The van der Waals surface area contributed by atoms with Gasteiger partial charge in [0.15, 0.2) is 0 Å². The normalized spacial score (nSPS) is 20.0. The van der Waals surface area contributed by atoms with Gasteiger partial charge in [0, 0.05) is 75.8 Å². The number of pyridine rings is 1. The summed E-state index contributed by atoms with van der Waals surface area (Å²) in [5.41, 5.74) is -2.55. The van der Waals surface area contributed by atoms with E-state index in [4.69, 9.17) is 4.74 Å². The summed E-state index contributed by atoms with van der Waals surface area (Å²) in [5, 5.41) is 14.7. The zero-order valence-electron chi connectivity index (χ0n) is 29.6. The zero-order valence-corrected chi connectivity index (χ0v) is 30.4. The van der Waals surface area contributed by atoms with Crippen molar-refractivity contribution >= 4 is 40.5 Å². The average molecular weight is 786 g/mol. The second-order valence-electron chi connectivity index (χ2n) is 13.0. The lowest BCUT2D eigenvalue weighted by Gasteiger charge is -2.51. The van der Waals surface area contributed by atoms with Crippen LogP contribution in [0, 0.1) is 0 Å². The lowest BCUT2D eigenvalue weighted by molar-refractivity contribution is -0.159. The number of amides is 2. The third kappa shape index (κ3) is 9.02. The van der Waals surface area contributed by atoms with E-state index in [1.807, 2.05) is 11.0 Å². The molecule has 3 atom stereocenters. The minimum Gasteiger partial charge on any atom is -0.474 e. The molecule has 54 heavy (non-hydrogen) atoms. The van der Waals surface area contributed by atoms with E-state index in [1.54, 1.807) is 25.1 Å². The molecule has 2 aromatic heterocycles. The van der Waals surface area contributed by atoms with Gasteiger partial charge in [0.1, 0.15) is 16.9 Å². The lowest BCUT2D eigenvalue weighted by atomic mass is 9.79. The fourth-order valence-electron chi connectivity index (χ4n) is 7.00. The Bertz CT molecular complexity index is 1780. The second kappa shape index (κ2) is 16.8. The number of aliphatic hydroxyl groups excluding tert-OH is 1. The first kappa shape index (κ1) is 40.6. The number of esters is 1. The van der Waals surface area contributed by atoms with Gasteiger partial charge in [-0.2, -0.15) is 26.3 Å². The first-order valence-corrected chi connectivity index (χ1v) is 18.3. The highest BCUT2D eigenvalue weighted by Gasteiger charge is 2.56. The summed E-state index contributed by atoms with van der Waals surface area (Å²) < 4.78 is 94.1. The number of carbonyl (C=O) groups is 3. The number of para-hydroxylation sites is 2. The number of ether oxygens (including phenoxy) is 2. The molecule has 2 aliphatic rings. The minimum absolute atomic E-state index is 0.00583. The van der Waals surface area contributed by atoms with Crippen LogP contribution in [0.25, 0.3) is 0 Å². The Hall–Kier alpha value is -4.58. The quantitative estimate of drug-likeness (QED) is 0.121. The van der Waals surface area contributed by atoms with E-state index in [1.165, 1.54) is 16.9 Å². The van der Waals surface area contributed by atoms with Crippen LogP contribution in [0.4, 0.5) is 37.7 Å². The fraction of sp³-hybridized carbons (Fsp3) is 0.500. The molecule has 0 radical (unpaired) electrons. The Kier molecular flexibility index (Phi) is 12.7. The summed E-state index contributed by atoms with van der Waals surface area (Å²) >= 11 is 0.381. The molecule has 0 spiro atoms. The molecule has 2 amide bonds. The van der Waals surface area contributed by atoms with Crippen molar-refractivity contribution in [1.29, 1.82) is 0 Å². The predicted molar refractivity (Wildman–Crippen MR) is 187 cm³/mol. The number of rotatable bonds is 12. The first-order chi connectivity index (χ1) is 25.6. The highest BCUT2D eigenvalue weighted by Crippen LogP contribution is 2.43. The number of nitrogens with one attached hydrogen (secondary N) is 1. The molecule has 2 fully saturated rings. The number of piperidine rings is 1. The zero-order chi connectivity index (χ0) is 39.3. The van der Waals surface area contributed by atoms with Crippen molar-refractivity contribution in [1.82, 2.24) is 14.8 Å². The van der Waals surface area contributed by atoms with Gasteiger partial charge in [0.25, 0.3) is 11.8 Å². The number of carbonyl (C=O) groups excluding carboxylic acids is 3. The van der Waals surface area contributed by atoms with E-state index >= 15 is 0 Å². The smallest absolute Gasteiger partial charge is 0.425 e. The molecular formula is C36H41F6N5O6S. The molecule has 11 nitrogen and oxygen atoms in total. The number of halogens is 6. The Morgan fingerprint density at radius 3 is 2.43 bits per heavy atom. The molecule has 2 aliphatic heterocycles. The SMILES string of the molecule is CCC[C@H]1N(C(=O)c2cnccc2C(F)(F)F)CCC[C@@]1(Oc1csc(C(F)(F)F)c1)C(=O)N1CCN(c2ccccc2NC(O)CCC(=O)OC)CC1. The van der Waals surface area contributed by atoms with Gasteiger partial charge < -0.3 is 34.6 Å². The van der Waals surface area contributed by atoms with Crippen LogP contribution in [-0.4, -0.2) is 95.4 Å². The van der Waals surface area contributed by atoms with Gasteiger partial charge in [0.05, 0.1) is 35.7 Å². The Morgan fingerprint density at radius 1 is 1.06 bits per heavy atom. The van der Waals surface area contributed by atoms with Gasteiger partial charge in [-0.05, 0) is 31.0 Å². The summed E-state index contributed by atoms with van der Waals surface area (Å²) in [6.07, 6.45) is -8.21. The van der Waals surface area contributed by atoms with E-state index < -0.39 is 64.0 Å². The van der Waals surface area contributed by atoms with E-state index in [9.17, 15) is 45.8 Å². The van der Waals surface area contributed by atoms with Crippen molar-refractivity contribution in [2.45, 2.75) is 75.7 Å². The standard InChI is InChI=1S/C36H41F6N5O6S/c1-3-7-28-34(53-23-20-29(54-22-23)36(40,41)42,13-6-15-47(28)32(50)24-21-43-14-12-25(24)35(37,38)39)33(51)46-18-16-45(17-19-46)27-9-5-4-8-26(27)44-30(48)10-11-31(49)52-2/h4-5,8-9,12,14,20-22,28,30,44,48H,3,6-7,10-11,13,15-19H2,1-2H3/t28-,30?,34+/m1/s1. The van der Waals surface area contributed by atoms with Crippen LogP contribution < -0.4 is 15.0 Å². The molecule has 2 N–H and O–H groups in total. The number of methoxy groups -OCH3 is 1. The van der Waals surface area contributed by atoms with Gasteiger partial charge >= 0.3 is 18.3 Å². The van der Waals surface area contributed by atoms with Crippen molar-refractivity contribution in [3.05, 3.63) is 70.2 Å². The van der Waals surface area contributed by atoms with Gasteiger partial charge in [0.2, 0.25) is 5.60 Å². The van der Waals surface area contributed by atoms with Crippen molar-refractivity contribution in [3.8, 4) is 5.75 Å². The highest BCUT2D eigenvalue weighted by molar-refractivity contribution is 7.10. The molecule has 0 saturated carbocycles. The number of aromatic nitrogens is 1. The topological polar surface area (TPSA) is 125 Å². The number of thiophene rings is 1. The third-order valence-corrected chi connectivity index (χ3v) is 10.5. The van der Waals surface area contributed by atoms with Crippen LogP contribution in [0.3, 0.4) is 0 Å². The summed E-state index contributed by atoms with van der Waals surface area (Å²) in [6.45, 7) is 2.60. The van der Waals surface area contributed by atoms with E-state index in [2.05, 4.69) is 15.0 Å². The molecule has 1 aromatic carbocycles. The number of benzene rings is 1. The number of alkyl halides is 6. The minimum atomic E-state index is -4.88. The van der Waals surface area contributed by atoms with Crippen molar-refractivity contribution < 1.29 is 55.3 Å². The summed E-state index contributed by atoms with van der Waals surface area (Å²) in [4.78, 5) is 47.9. The summed E-state index contributed by atoms with van der Waals surface area (Å²) in [5.74, 6) is -2.32. The van der Waals surface area contributed by atoms with Gasteiger partial charge in [-0.3, -0.25) is 19.4 Å². The molecule has 0 bridgehead atoms. The lowest BCUT2D eigenvalue weighted by Crippen LogP contribution is -2.69. The maximum atomic E-state index is 14.9. The number of hydrogen-bond acceptors (Lipinski definition) is 10. The average Bonchev–Trinajstić information content (AvgIpc) is 3.63. The number of likely N-dealkylation sites (tertiary alicyclic amines) is 1. The van der Waals surface area contributed by atoms with Crippen LogP contribution in [0.1, 0.15) is 66.2 Å². The van der Waals surface area contributed by atoms with Gasteiger partial charge in [-0.25, -0.2) is 0 Å². The molecule has 0 aliphatic carbocycles.